The lowest BCUT2D eigenvalue weighted by atomic mass is 10.1. The van der Waals surface area contributed by atoms with Crippen LogP contribution >= 0.6 is 0 Å². The second-order valence-corrected chi connectivity index (χ2v) is 5.82. The van der Waals surface area contributed by atoms with Crippen molar-refractivity contribution in [1.82, 2.24) is 9.97 Å². The van der Waals surface area contributed by atoms with Crippen LogP contribution in [-0.2, 0) is 0 Å². The van der Waals surface area contributed by atoms with Crippen molar-refractivity contribution in [2.24, 2.45) is 0 Å². The molecule has 126 valence electrons. The molecule has 1 aromatic heterocycles. The highest BCUT2D eigenvalue weighted by atomic mass is 16.3. The van der Waals surface area contributed by atoms with Crippen molar-refractivity contribution in [1.29, 1.82) is 0 Å². The van der Waals surface area contributed by atoms with E-state index in [1.165, 1.54) is 0 Å². The molecule has 0 spiro atoms. The maximum absolute atomic E-state index is 9.76. The third-order valence-electron chi connectivity index (χ3n) is 4.05. The number of phenolic OH excluding ortho intramolecular Hbond substituents is 1. The lowest BCUT2D eigenvalue weighted by Crippen LogP contribution is -2.11. The van der Waals surface area contributed by atoms with Crippen molar-refractivity contribution in [2.45, 2.75) is 0 Å². The highest BCUT2D eigenvalue weighted by molar-refractivity contribution is 5.76. The molecule has 0 aliphatic carbocycles. The molecule has 0 atom stereocenters. The molecule has 4 nitrogen and oxygen atoms in total. The van der Waals surface area contributed by atoms with Gasteiger partial charge in [0, 0.05) is 23.0 Å². The summed E-state index contributed by atoms with van der Waals surface area (Å²) in [4.78, 5) is 10.9. The van der Waals surface area contributed by atoms with E-state index in [0.29, 0.717) is 0 Å². The van der Waals surface area contributed by atoms with Gasteiger partial charge in [0.1, 0.15) is 17.9 Å². The molecular formula is C22H17N3O. The molecule has 0 aliphatic heterocycles. The Morgan fingerprint density at radius 3 is 1.92 bits per heavy atom. The van der Waals surface area contributed by atoms with Gasteiger partial charge in [-0.05, 0) is 36.4 Å². The van der Waals surface area contributed by atoms with Gasteiger partial charge >= 0.3 is 0 Å². The molecule has 3 aromatic carbocycles. The number of benzene rings is 3. The molecule has 0 saturated heterocycles. The Balaban J connectivity index is 1.83. The molecule has 0 fully saturated rings. The molecule has 26 heavy (non-hydrogen) atoms. The molecule has 1 heterocycles. The van der Waals surface area contributed by atoms with Gasteiger partial charge in [-0.1, -0.05) is 48.5 Å². The highest BCUT2D eigenvalue weighted by Crippen LogP contribution is 2.34. The maximum atomic E-state index is 9.76. The minimum atomic E-state index is 0.214. The smallest absolute Gasteiger partial charge is 0.141 e. The summed E-state index contributed by atoms with van der Waals surface area (Å²) in [5.41, 5.74) is 3.62. The topological polar surface area (TPSA) is 49.2 Å². The van der Waals surface area contributed by atoms with Crippen LogP contribution in [0, 0.1) is 0 Å². The SMILES string of the molecule is Oc1cccc(-c2cc(N(c3ccccc3)c3ccccc3)ncn2)c1. The molecule has 1 N–H and O–H groups in total. The number of aromatic nitrogens is 2. The van der Waals surface area contributed by atoms with Gasteiger partial charge in [0.2, 0.25) is 0 Å². The summed E-state index contributed by atoms with van der Waals surface area (Å²) in [5.74, 6) is 0.973. The van der Waals surface area contributed by atoms with Gasteiger partial charge in [-0.25, -0.2) is 9.97 Å². The van der Waals surface area contributed by atoms with Gasteiger partial charge < -0.3 is 5.11 Å². The fraction of sp³-hybridized carbons (Fsp3) is 0. The van der Waals surface area contributed by atoms with E-state index in [1.54, 1.807) is 24.5 Å². The predicted molar refractivity (Wildman–Crippen MR) is 104 cm³/mol. The van der Waals surface area contributed by atoms with Crippen molar-refractivity contribution in [3.8, 4) is 17.0 Å². The van der Waals surface area contributed by atoms with Gasteiger partial charge in [0.15, 0.2) is 0 Å². The predicted octanol–water partition coefficient (Wildman–Crippen LogP) is 5.32. The molecule has 0 saturated carbocycles. The molecule has 4 heteroatoms. The van der Waals surface area contributed by atoms with Crippen LogP contribution in [0.5, 0.6) is 5.75 Å². The Labute approximate surface area is 152 Å². The highest BCUT2D eigenvalue weighted by Gasteiger charge is 2.14. The van der Waals surface area contributed by atoms with E-state index in [1.807, 2.05) is 72.8 Å². The van der Waals surface area contributed by atoms with Crippen molar-refractivity contribution in [2.75, 3.05) is 4.90 Å². The third-order valence-corrected chi connectivity index (χ3v) is 4.05. The minimum absolute atomic E-state index is 0.214. The molecule has 0 unspecified atom stereocenters. The number of aromatic hydroxyl groups is 1. The summed E-state index contributed by atoms with van der Waals surface area (Å²) >= 11 is 0. The summed E-state index contributed by atoms with van der Waals surface area (Å²) in [6, 6.07) is 29.2. The van der Waals surface area contributed by atoms with Crippen molar-refractivity contribution in [3.05, 3.63) is 97.3 Å². The van der Waals surface area contributed by atoms with Crippen LogP contribution in [0.2, 0.25) is 0 Å². The van der Waals surface area contributed by atoms with E-state index in [2.05, 4.69) is 14.9 Å². The van der Waals surface area contributed by atoms with Gasteiger partial charge in [-0.2, -0.15) is 0 Å². The Bertz CT molecular complexity index is 964. The second kappa shape index (κ2) is 7.07. The van der Waals surface area contributed by atoms with Crippen LogP contribution in [0.4, 0.5) is 17.2 Å². The lowest BCUT2D eigenvalue weighted by molar-refractivity contribution is 0.475. The van der Waals surface area contributed by atoms with Crippen LogP contribution in [0.3, 0.4) is 0 Å². The van der Waals surface area contributed by atoms with Gasteiger partial charge in [-0.15, -0.1) is 0 Å². The van der Waals surface area contributed by atoms with E-state index < -0.39 is 0 Å². The Hall–Kier alpha value is -3.66. The zero-order chi connectivity index (χ0) is 17.8. The van der Waals surface area contributed by atoms with Crippen LogP contribution in [0.25, 0.3) is 11.3 Å². The molecule has 0 amide bonds. The quantitative estimate of drug-likeness (QED) is 0.547. The number of rotatable bonds is 4. The first-order chi connectivity index (χ1) is 12.8. The zero-order valence-corrected chi connectivity index (χ0v) is 14.0. The van der Waals surface area contributed by atoms with E-state index in [0.717, 1.165) is 28.5 Å². The van der Waals surface area contributed by atoms with Gasteiger partial charge in [0.05, 0.1) is 5.69 Å². The Morgan fingerprint density at radius 2 is 1.31 bits per heavy atom. The Kier molecular flexibility index (Phi) is 4.31. The summed E-state index contributed by atoms with van der Waals surface area (Å²) < 4.78 is 0. The van der Waals surface area contributed by atoms with Crippen LogP contribution in [0.15, 0.2) is 97.3 Å². The van der Waals surface area contributed by atoms with Gasteiger partial charge in [-0.3, -0.25) is 4.90 Å². The molecule has 0 aliphatic rings. The fourth-order valence-electron chi connectivity index (χ4n) is 2.86. The first kappa shape index (κ1) is 15.8. The third kappa shape index (κ3) is 3.26. The van der Waals surface area contributed by atoms with E-state index in [-0.39, 0.29) is 5.75 Å². The fourth-order valence-corrected chi connectivity index (χ4v) is 2.86. The minimum Gasteiger partial charge on any atom is -0.508 e. The lowest BCUT2D eigenvalue weighted by Gasteiger charge is -2.24. The monoisotopic (exact) mass is 339 g/mol. The normalized spacial score (nSPS) is 10.5. The summed E-state index contributed by atoms with van der Waals surface area (Å²) in [5, 5.41) is 9.76. The standard InChI is InChI=1S/C22H17N3O/c26-20-13-7-8-17(14-20)21-15-22(24-16-23-21)25(18-9-3-1-4-10-18)19-11-5-2-6-12-19/h1-16,26H. The largest absolute Gasteiger partial charge is 0.508 e. The van der Waals surface area contributed by atoms with E-state index in [9.17, 15) is 5.11 Å². The van der Waals surface area contributed by atoms with Crippen molar-refractivity contribution < 1.29 is 5.11 Å². The molecular weight excluding hydrogens is 322 g/mol. The van der Waals surface area contributed by atoms with E-state index >= 15 is 0 Å². The van der Waals surface area contributed by atoms with Crippen LogP contribution in [0.1, 0.15) is 0 Å². The zero-order valence-electron chi connectivity index (χ0n) is 14.0. The Morgan fingerprint density at radius 1 is 0.654 bits per heavy atom. The molecule has 4 rings (SSSR count). The molecule has 0 radical (unpaired) electrons. The van der Waals surface area contributed by atoms with E-state index in [4.69, 9.17) is 0 Å². The van der Waals surface area contributed by atoms with Crippen molar-refractivity contribution in [3.63, 3.8) is 0 Å². The summed E-state index contributed by atoms with van der Waals surface area (Å²) in [6.07, 6.45) is 1.55. The first-order valence-corrected chi connectivity index (χ1v) is 8.33. The number of para-hydroxylation sites is 2. The average Bonchev–Trinajstić information content (AvgIpc) is 2.70. The number of nitrogens with zero attached hydrogens (tertiary/aromatic N) is 3. The summed E-state index contributed by atoms with van der Waals surface area (Å²) in [6.45, 7) is 0. The first-order valence-electron chi connectivity index (χ1n) is 8.33. The number of anilines is 3. The number of phenols is 1. The average molecular weight is 339 g/mol. The number of hydrogen-bond acceptors (Lipinski definition) is 4. The second-order valence-electron chi connectivity index (χ2n) is 5.82. The summed E-state index contributed by atoms with van der Waals surface area (Å²) in [7, 11) is 0. The maximum Gasteiger partial charge on any atom is 0.141 e. The van der Waals surface area contributed by atoms with Crippen LogP contribution < -0.4 is 4.90 Å². The van der Waals surface area contributed by atoms with Crippen molar-refractivity contribution >= 4 is 17.2 Å². The molecule has 0 bridgehead atoms. The molecule has 4 aromatic rings. The van der Waals surface area contributed by atoms with Gasteiger partial charge in [0.25, 0.3) is 0 Å². The number of hydrogen-bond donors (Lipinski definition) is 1. The van der Waals surface area contributed by atoms with Crippen LogP contribution in [-0.4, -0.2) is 15.1 Å².